The smallest absolute Gasteiger partial charge is 0.253 e. The molecule has 0 bridgehead atoms. The van der Waals surface area contributed by atoms with Crippen molar-refractivity contribution < 1.29 is 0 Å². The van der Waals surface area contributed by atoms with Gasteiger partial charge >= 0.3 is 0 Å². The topological polar surface area (TPSA) is 49.4 Å². The summed E-state index contributed by atoms with van der Waals surface area (Å²) in [6, 6.07) is 0. The van der Waals surface area contributed by atoms with E-state index in [1.54, 1.807) is 0 Å². The Kier molecular flexibility index (Phi) is 8.08. The van der Waals surface area contributed by atoms with Crippen LogP contribution in [-0.4, -0.2) is 19.6 Å². The van der Waals surface area contributed by atoms with E-state index in [0.29, 0.717) is 11.4 Å². The Balaban J connectivity index is 0.00000137. The SMILES string of the molecule is CC.CCCCNc1c(N(CC)CC)c(=O)c1=O. The van der Waals surface area contributed by atoms with Gasteiger partial charge in [0.2, 0.25) is 0 Å². The van der Waals surface area contributed by atoms with Crippen LogP contribution in [0, 0.1) is 0 Å². The Morgan fingerprint density at radius 1 is 1.00 bits per heavy atom. The fraction of sp³-hybridized carbons (Fsp3) is 0.714. The number of hydrogen-bond acceptors (Lipinski definition) is 4. The fourth-order valence-electron chi connectivity index (χ4n) is 1.78. The average molecular weight is 254 g/mol. The van der Waals surface area contributed by atoms with Crippen molar-refractivity contribution in [3.05, 3.63) is 20.4 Å². The molecule has 4 heteroatoms. The molecule has 0 amide bonds. The fourth-order valence-corrected chi connectivity index (χ4v) is 1.78. The summed E-state index contributed by atoms with van der Waals surface area (Å²) in [6.07, 6.45) is 2.08. The molecule has 0 radical (unpaired) electrons. The van der Waals surface area contributed by atoms with E-state index in [4.69, 9.17) is 0 Å². The number of nitrogens with zero attached hydrogens (tertiary/aromatic N) is 1. The third-order valence-corrected chi connectivity index (χ3v) is 2.80. The number of unbranched alkanes of at least 4 members (excludes halogenated alkanes) is 1. The van der Waals surface area contributed by atoms with Gasteiger partial charge in [-0.2, -0.15) is 0 Å². The van der Waals surface area contributed by atoms with Gasteiger partial charge in [-0.1, -0.05) is 27.2 Å². The van der Waals surface area contributed by atoms with Gasteiger partial charge in [0.1, 0.15) is 11.4 Å². The Morgan fingerprint density at radius 2 is 1.56 bits per heavy atom. The monoisotopic (exact) mass is 254 g/mol. The molecule has 1 aromatic carbocycles. The highest BCUT2D eigenvalue weighted by molar-refractivity contribution is 5.75. The van der Waals surface area contributed by atoms with E-state index in [9.17, 15) is 9.59 Å². The van der Waals surface area contributed by atoms with Gasteiger partial charge in [-0.15, -0.1) is 0 Å². The molecule has 0 aromatic heterocycles. The van der Waals surface area contributed by atoms with Crippen LogP contribution in [0.2, 0.25) is 0 Å². The molecule has 0 spiro atoms. The summed E-state index contributed by atoms with van der Waals surface area (Å²) in [5, 5.41) is 3.07. The molecule has 4 nitrogen and oxygen atoms in total. The lowest BCUT2D eigenvalue weighted by atomic mass is 10.1. The first-order valence-electron chi connectivity index (χ1n) is 6.99. The maximum atomic E-state index is 11.5. The van der Waals surface area contributed by atoms with Gasteiger partial charge in [-0.25, -0.2) is 0 Å². The first-order chi connectivity index (χ1) is 8.67. The molecular weight excluding hydrogens is 228 g/mol. The molecule has 1 rings (SSSR count). The third kappa shape index (κ3) is 3.59. The minimum absolute atomic E-state index is 0.345. The van der Waals surface area contributed by atoms with Gasteiger partial charge in [-0.05, 0) is 20.3 Å². The summed E-state index contributed by atoms with van der Waals surface area (Å²) in [5.74, 6) is 0. The Labute approximate surface area is 110 Å². The number of anilines is 2. The van der Waals surface area contributed by atoms with Crippen LogP contribution in [0.3, 0.4) is 0 Å². The summed E-state index contributed by atoms with van der Waals surface area (Å²) in [5.41, 5.74) is 0.383. The van der Waals surface area contributed by atoms with E-state index in [2.05, 4.69) is 12.2 Å². The van der Waals surface area contributed by atoms with Gasteiger partial charge < -0.3 is 10.2 Å². The van der Waals surface area contributed by atoms with Crippen LogP contribution in [0.5, 0.6) is 0 Å². The van der Waals surface area contributed by atoms with Crippen molar-refractivity contribution in [3.8, 4) is 0 Å². The van der Waals surface area contributed by atoms with Crippen molar-refractivity contribution in [2.24, 2.45) is 0 Å². The maximum Gasteiger partial charge on any atom is 0.253 e. The van der Waals surface area contributed by atoms with Crippen LogP contribution in [0.25, 0.3) is 0 Å². The molecule has 18 heavy (non-hydrogen) atoms. The lowest BCUT2D eigenvalue weighted by molar-refractivity contribution is 0.823. The molecule has 1 aromatic rings. The normalized spacial score (nSPS) is 9.83. The van der Waals surface area contributed by atoms with Gasteiger partial charge in [0, 0.05) is 19.6 Å². The second-order valence-electron chi connectivity index (χ2n) is 3.83. The van der Waals surface area contributed by atoms with Gasteiger partial charge in [0.05, 0.1) is 0 Å². The molecule has 0 aliphatic heterocycles. The largest absolute Gasteiger partial charge is 0.380 e. The summed E-state index contributed by atoms with van der Waals surface area (Å²) in [6.45, 7) is 12.3. The van der Waals surface area contributed by atoms with Crippen LogP contribution in [0.15, 0.2) is 9.59 Å². The van der Waals surface area contributed by atoms with E-state index < -0.39 is 0 Å². The molecule has 1 N–H and O–H groups in total. The summed E-state index contributed by atoms with van der Waals surface area (Å²) in [7, 11) is 0. The van der Waals surface area contributed by atoms with E-state index >= 15 is 0 Å². The number of rotatable bonds is 7. The molecule has 0 saturated carbocycles. The van der Waals surface area contributed by atoms with Crippen LogP contribution in [0.4, 0.5) is 11.4 Å². The Hall–Kier alpha value is -1.32. The van der Waals surface area contributed by atoms with E-state index in [-0.39, 0.29) is 10.9 Å². The molecule has 0 saturated heterocycles. The van der Waals surface area contributed by atoms with Gasteiger partial charge in [0.25, 0.3) is 10.9 Å². The van der Waals surface area contributed by atoms with Crippen molar-refractivity contribution in [1.82, 2.24) is 0 Å². The van der Waals surface area contributed by atoms with Crippen LogP contribution in [0.1, 0.15) is 47.5 Å². The first kappa shape index (κ1) is 16.7. The molecule has 104 valence electrons. The predicted octanol–water partition coefficient (Wildman–Crippen LogP) is 2.37. The zero-order valence-corrected chi connectivity index (χ0v) is 12.3. The minimum Gasteiger partial charge on any atom is -0.380 e. The van der Waals surface area contributed by atoms with Crippen molar-refractivity contribution in [1.29, 1.82) is 0 Å². The number of nitrogens with one attached hydrogen (secondary N) is 1. The quantitative estimate of drug-likeness (QED) is 0.599. The first-order valence-corrected chi connectivity index (χ1v) is 6.99. The van der Waals surface area contributed by atoms with E-state index in [0.717, 1.165) is 32.5 Å². The molecule has 0 aliphatic rings. The zero-order chi connectivity index (χ0) is 14.1. The minimum atomic E-state index is -0.363. The van der Waals surface area contributed by atoms with E-state index in [1.165, 1.54) is 0 Å². The average Bonchev–Trinajstić information content (AvgIpc) is 2.43. The molecule has 0 atom stereocenters. The molecule has 0 aliphatic carbocycles. The van der Waals surface area contributed by atoms with Crippen molar-refractivity contribution in [2.75, 3.05) is 29.9 Å². The summed E-state index contributed by atoms with van der Waals surface area (Å²) >= 11 is 0. The predicted molar refractivity (Wildman–Crippen MR) is 79.7 cm³/mol. The third-order valence-electron chi connectivity index (χ3n) is 2.80. The summed E-state index contributed by atoms with van der Waals surface area (Å²) in [4.78, 5) is 24.8. The highest BCUT2D eigenvalue weighted by Crippen LogP contribution is 2.19. The number of hydrogen-bond donors (Lipinski definition) is 1. The maximum absolute atomic E-state index is 11.5. The van der Waals surface area contributed by atoms with Crippen molar-refractivity contribution in [2.45, 2.75) is 47.5 Å². The highest BCUT2D eigenvalue weighted by Gasteiger charge is 2.23. The lowest BCUT2D eigenvalue weighted by Crippen LogP contribution is -2.42. The molecule has 0 heterocycles. The second-order valence-corrected chi connectivity index (χ2v) is 3.83. The van der Waals surface area contributed by atoms with Crippen LogP contribution in [-0.2, 0) is 0 Å². The van der Waals surface area contributed by atoms with Crippen molar-refractivity contribution >= 4 is 11.4 Å². The summed E-state index contributed by atoms with van der Waals surface area (Å²) < 4.78 is 0. The highest BCUT2D eigenvalue weighted by atomic mass is 16.2. The van der Waals surface area contributed by atoms with E-state index in [1.807, 2.05) is 32.6 Å². The Morgan fingerprint density at radius 3 is 2.00 bits per heavy atom. The van der Waals surface area contributed by atoms with Gasteiger partial charge in [0.15, 0.2) is 0 Å². The molecule has 0 fully saturated rings. The van der Waals surface area contributed by atoms with Crippen LogP contribution >= 0.6 is 0 Å². The molecular formula is C14H26N2O2. The Bertz CT molecular complexity index is 402. The van der Waals surface area contributed by atoms with Gasteiger partial charge in [-0.3, -0.25) is 9.59 Å². The zero-order valence-electron chi connectivity index (χ0n) is 12.3. The molecule has 0 unspecified atom stereocenters. The second kappa shape index (κ2) is 8.72. The lowest BCUT2D eigenvalue weighted by Gasteiger charge is -2.24. The van der Waals surface area contributed by atoms with Crippen molar-refractivity contribution in [3.63, 3.8) is 0 Å². The standard InChI is InChI=1S/C12H20N2O2.C2H6/c1-4-7-8-13-9-10(12(16)11(9)15)14(5-2)6-3;1-2/h13H,4-8H2,1-3H3;1-2H3. The van der Waals surface area contributed by atoms with Crippen LogP contribution < -0.4 is 21.1 Å².